The van der Waals surface area contributed by atoms with Crippen molar-refractivity contribution in [3.8, 4) is 5.69 Å². The van der Waals surface area contributed by atoms with Gasteiger partial charge in [-0.3, -0.25) is 4.79 Å². The molecular weight excluding hydrogens is 326 g/mol. The van der Waals surface area contributed by atoms with Crippen LogP contribution < -0.4 is 5.32 Å². The topological polar surface area (TPSA) is 46.9 Å². The molecule has 0 spiro atoms. The first-order chi connectivity index (χ1) is 11.3. The van der Waals surface area contributed by atoms with Crippen molar-refractivity contribution in [2.24, 2.45) is 0 Å². The number of amides is 1. The second-order valence-electron chi connectivity index (χ2n) is 4.90. The summed E-state index contributed by atoms with van der Waals surface area (Å²) in [4.78, 5) is 13.5. The molecule has 6 heteroatoms. The van der Waals surface area contributed by atoms with Crippen LogP contribution in [0.5, 0.6) is 0 Å². The number of para-hydroxylation sites is 1. The fourth-order valence-corrected chi connectivity index (χ4v) is 3.77. The number of benzene rings is 1. The van der Waals surface area contributed by atoms with E-state index < -0.39 is 0 Å². The lowest BCUT2D eigenvalue weighted by molar-refractivity contribution is 0.0956. The minimum absolute atomic E-state index is 0.0797. The van der Waals surface area contributed by atoms with E-state index in [0.717, 1.165) is 17.2 Å². The number of nitrogens with one attached hydrogen (secondary N) is 1. The summed E-state index contributed by atoms with van der Waals surface area (Å²) in [5, 5.41) is 9.26. The van der Waals surface area contributed by atoms with E-state index in [2.05, 4.69) is 27.9 Å². The minimum Gasteiger partial charge on any atom is -0.351 e. The van der Waals surface area contributed by atoms with Gasteiger partial charge in [0.1, 0.15) is 0 Å². The molecule has 3 rings (SSSR count). The zero-order chi connectivity index (χ0) is 15.9. The van der Waals surface area contributed by atoms with E-state index in [1.165, 1.54) is 4.88 Å². The Kier molecular flexibility index (Phi) is 5.50. The highest BCUT2D eigenvalue weighted by Crippen LogP contribution is 2.16. The standard InChI is InChI=1S/C17H17N3OS2/c21-17(18-8-10-22-13-16-7-4-9-23-16)14-11-19-20(12-14)15-5-2-1-3-6-15/h1-7,9,11-12H,8,10,13H2,(H,18,21). The number of carbonyl (C=O) groups is 1. The van der Waals surface area contributed by atoms with Crippen molar-refractivity contribution in [2.75, 3.05) is 12.3 Å². The van der Waals surface area contributed by atoms with Gasteiger partial charge in [0.05, 0.1) is 17.4 Å². The van der Waals surface area contributed by atoms with E-state index in [0.29, 0.717) is 12.1 Å². The fraction of sp³-hybridized carbons (Fsp3) is 0.176. The van der Waals surface area contributed by atoms with Crippen LogP contribution in [-0.4, -0.2) is 28.0 Å². The van der Waals surface area contributed by atoms with E-state index in [1.54, 1.807) is 28.4 Å². The fourth-order valence-electron chi connectivity index (χ4n) is 2.07. The number of rotatable bonds is 7. The molecule has 0 saturated carbocycles. The minimum atomic E-state index is -0.0797. The molecule has 0 aliphatic rings. The highest BCUT2D eigenvalue weighted by molar-refractivity contribution is 7.98. The monoisotopic (exact) mass is 343 g/mol. The molecule has 118 valence electrons. The Morgan fingerprint density at radius 2 is 2.09 bits per heavy atom. The molecular formula is C17H17N3OS2. The third kappa shape index (κ3) is 4.46. The Hall–Kier alpha value is -2.05. The smallest absolute Gasteiger partial charge is 0.254 e. The number of nitrogens with zero attached hydrogens (tertiary/aromatic N) is 2. The maximum Gasteiger partial charge on any atom is 0.254 e. The normalized spacial score (nSPS) is 10.6. The number of thiophene rings is 1. The van der Waals surface area contributed by atoms with Gasteiger partial charge in [0, 0.05) is 29.1 Å². The average Bonchev–Trinajstić information content (AvgIpc) is 3.27. The third-order valence-corrected chi connectivity index (χ3v) is 5.29. The van der Waals surface area contributed by atoms with Crippen molar-refractivity contribution in [1.29, 1.82) is 0 Å². The predicted octanol–water partition coefficient (Wildman–Crippen LogP) is 3.60. The van der Waals surface area contributed by atoms with Crippen molar-refractivity contribution in [3.05, 3.63) is 70.7 Å². The molecule has 0 bridgehead atoms. The van der Waals surface area contributed by atoms with Crippen LogP contribution in [0.25, 0.3) is 5.69 Å². The molecule has 3 aromatic rings. The van der Waals surface area contributed by atoms with Crippen molar-refractivity contribution >= 4 is 29.0 Å². The summed E-state index contributed by atoms with van der Waals surface area (Å²) in [5.74, 6) is 1.82. The quantitative estimate of drug-likeness (QED) is 0.667. The highest BCUT2D eigenvalue weighted by atomic mass is 32.2. The maximum absolute atomic E-state index is 12.1. The summed E-state index contributed by atoms with van der Waals surface area (Å²) in [5.41, 5.74) is 1.52. The van der Waals surface area contributed by atoms with Gasteiger partial charge in [-0.2, -0.15) is 16.9 Å². The van der Waals surface area contributed by atoms with Crippen LogP contribution >= 0.6 is 23.1 Å². The Morgan fingerprint density at radius 3 is 2.87 bits per heavy atom. The van der Waals surface area contributed by atoms with E-state index >= 15 is 0 Å². The van der Waals surface area contributed by atoms with Crippen molar-refractivity contribution in [3.63, 3.8) is 0 Å². The van der Waals surface area contributed by atoms with E-state index in [9.17, 15) is 4.79 Å². The number of thioether (sulfide) groups is 1. The van der Waals surface area contributed by atoms with Gasteiger partial charge in [-0.05, 0) is 23.6 Å². The molecule has 1 amide bonds. The van der Waals surface area contributed by atoms with Crippen LogP contribution in [0.4, 0.5) is 0 Å². The molecule has 1 aromatic carbocycles. The molecule has 0 aliphatic heterocycles. The Morgan fingerprint density at radius 1 is 1.22 bits per heavy atom. The van der Waals surface area contributed by atoms with Gasteiger partial charge >= 0.3 is 0 Å². The summed E-state index contributed by atoms with van der Waals surface area (Å²) in [6.45, 7) is 0.658. The molecule has 2 heterocycles. The van der Waals surface area contributed by atoms with Crippen LogP contribution in [0, 0.1) is 0 Å². The highest BCUT2D eigenvalue weighted by Gasteiger charge is 2.08. The van der Waals surface area contributed by atoms with Gasteiger partial charge in [0.2, 0.25) is 0 Å². The molecule has 2 aromatic heterocycles. The second kappa shape index (κ2) is 7.99. The molecule has 1 N–H and O–H groups in total. The van der Waals surface area contributed by atoms with Gasteiger partial charge in [0.25, 0.3) is 5.91 Å². The molecule has 0 unspecified atom stereocenters. The van der Waals surface area contributed by atoms with Crippen LogP contribution in [0.3, 0.4) is 0 Å². The number of hydrogen-bond donors (Lipinski definition) is 1. The first-order valence-electron chi connectivity index (χ1n) is 7.31. The molecule has 0 saturated heterocycles. The predicted molar refractivity (Wildman–Crippen MR) is 96.4 cm³/mol. The molecule has 0 fully saturated rings. The first kappa shape index (κ1) is 15.8. The Bertz CT molecular complexity index is 738. The maximum atomic E-state index is 12.1. The summed E-state index contributed by atoms with van der Waals surface area (Å²) >= 11 is 3.59. The van der Waals surface area contributed by atoms with Crippen LogP contribution in [-0.2, 0) is 5.75 Å². The van der Waals surface area contributed by atoms with Crippen molar-refractivity contribution in [2.45, 2.75) is 5.75 Å². The van der Waals surface area contributed by atoms with Gasteiger partial charge in [-0.1, -0.05) is 24.3 Å². The molecule has 4 nitrogen and oxygen atoms in total. The summed E-state index contributed by atoms with van der Waals surface area (Å²) < 4.78 is 1.71. The number of carbonyl (C=O) groups excluding carboxylic acids is 1. The molecule has 0 atom stereocenters. The van der Waals surface area contributed by atoms with Crippen molar-refractivity contribution < 1.29 is 4.79 Å². The van der Waals surface area contributed by atoms with Crippen LogP contribution in [0.15, 0.2) is 60.2 Å². The molecule has 0 aliphatic carbocycles. The first-order valence-corrected chi connectivity index (χ1v) is 9.35. The lowest BCUT2D eigenvalue weighted by Crippen LogP contribution is -2.25. The van der Waals surface area contributed by atoms with E-state index in [4.69, 9.17) is 0 Å². The number of aromatic nitrogens is 2. The lowest BCUT2D eigenvalue weighted by atomic mass is 10.3. The van der Waals surface area contributed by atoms with Crippen LogP contribution in [0.2, 0.25) is 0 Å². The van der Waals surface area contributed by atoms with Gasteiger partial charge in [-0.25, -0.2) is 4.68 Å². The Balaban J connectivity index is 1.44. The SMILES string of the molecule is O=C(NCCSCc1cccs1)c1cnn(-c2ccccc2)c1. The zero-order valence-electron chi connectivity index (χ0n) is 12.5. The average molecular weight is 343 g/mol. The summed E-state index contributed by atoms with van der Waals surface area (Å²) in [7, 11) is 0. The van der Waals surface area contributed by atoms with Crippen molar-refractivity contribution in [1.82, 2.24) is 15.1 Å². The van der Waals surface area contributed by atoms with Gasteiger partial charge in [0.15, 0.2) is 0 Å². The van der Waals surface area contributed by atoms with E-state index in [-0.39, 0.29) is 5.91 Å². The molecule has 0 radical (unpaired) electrons. The zero-order valence-corrected chi connectivity index (χ0v) is 14.1. The Labute approximate surface area is 143 Å². The number of hydrogen-bond acceptors (Lipinski definition) is 4. The summed E-state index contributed by atoms with van der Waals surface area (Å²) in [6, 6.07) is 13.9. The third-order valence-electron chi connectivity index (χ3n) is 3.22. The largest absolute Gasteiger partial charge is 0.351 e. The second-order valence-corrected chi connectivity index (χ2v) is 7.03. The molecule has 23 heavy (non-hydrogen) atoms. The van der Waals surface area contributed by atoms with Gasteiger partial charge < -0.3 is 5.32 Å². The van der Waals surface area contributed by atoms with E-state index in [1.807, 2.05) is 42.1 Å². The van der Waals surface area contributed by atoms with Gasteiger partial charge in [-0.15, -0.1) is 11.3 Å². The van der Waals surface area contributed by atoms with Crippen LogP contribution in [0.1, 0.15) is 15.2 Å². The lowest BCUT2D eigenvalue weighted by Gasteiger charge is -2.03. The summed E-state index contributed by atoms with van der Waals surface area (Å²) in [6.07, 6.45) is 3.35.